The Bertz CT molecular complexity index is 648. The number of hydrogen-bond donors (Lipinski definition) is 3. The highest BCUT2D eigenvalue weighted by Gasteiger charge is 2.11. The maximum absolute atomic E-state index is 13.2. The van der Waals surface area contributed by atoms with Crippen LogP contribution in [0.4, 0.5) is 21.7 Å². The fourth-order valence-electron chi connectivity index (χ4n) is 1.87. The average Bonchev–Trinajstić information content (AvgIpc) is 2.46. The number of nitrogens with two attached hydrogens (primary N) is 1. The van der Waals surface area contributed by atoms with E-state index in [1.165, 1.54) is 12.1 Å². The van der Waals surface area contributed by atoms with Gasteiger partial charge >= 0.3 is 0 Å². The van der Waals surface area contributed by atoms with E-state index in [2.05, 4.69) is 20.7 Å². The lowest BCUT2D eigenvalue weighted by Gasteiger charge is -2.13. The Morgan fingerprint density at radius 2 is 2.00 bits per heavy atom. The Labute approximate surface area is 127 Å². The van der Waals surface area contributed by atoms with Crippen LogP contribution < -0.4 is 16.6 Å². The molecule has 0 aliphatic rings. The largest absolute Gasteiger partial charge is 0.340 e. The predicted octanol–water partition coefficient (Wildman–Crippen LogP) is 3.56. The minimum absolute atomic E-state index is 0.0534. The monoisotopic (exact) mass is 309 g/mol. The molecule has 0 amide bonds. The topological polar surface area (TPSA) is 75.9 Å². The summed E-state index contributed by atoms with van der Waals surface area (Å²) in [5.74, 6) is 6.88. The highest BCUT2D eigenvalue weighted by atomic mass is 35.5. The SMILES string of the molecule is CCCc1nc(NN)c(C)c(Nc2ccc(F)c(Cl)c2)n1. The Hall–Kier alpha value is -1.92. The van der Waals surface area contributed by atoms with Gasteiger partial charge in [-0.05, 0) is 31.5 Å². The summed E-state index contributed by atoms with van der Waals surface area (Å²) in [6.45, 7) is 3.89. The van der Waals surface area contributed by atoms with Crippen LogP contribution in [0.15, 0.2) is 18.2 Å². The molecule has 0 saturated heterocycles. The number of halogens is 2. The molecule has 0 aliphatic heterocycles. The standard InChI is InChI=1S/C14H17ClFN5/c1-3-4-12-19-13(8(2)14(20-12)21-17)18-9-5-6-11(16)10(15)7-9/h5-7H,3-4,17H2,1-2H3,(H2,18,19,20,21). The van der Waals surface area contributed by atoms with E-state index in [4.69, 9.17) is 17.4 Å². The van der Waals surface area contributed by atoms with E-state index in [0.717, 1.165) is 18.4 Å². The minimum atomic E-state index is -0.461. The summed E-state index contributed by atoms with van der Waals surface area (Å²) >= 11 is 5.78. The third-order valence-electron chi connectivity index (χ3n) is 2.98. The zero-order chi connectivity index (χ0) is 15.4. The van der Waals surface area contributed by atoms with E-state index in [1.54, 1.807) is 6.07 Å². The van der Waals surface area contributed by atoms with Crippen LogP contribution >= 0.6 is 11.6 Å². The summed E-state index contributed by atoms with van der Waals surface area (Å²) in [7, 11) is 0. The molecule has 1 aromatic heterocycles. The second-order valence-corrected chi connectivity index (χ2v) is 5.02. The zero-order valence-corrected chi connectivity index (χ0v) is 12.6. The molecular weight excluding hydrogens is 293 g/mol. The van der Waals surface area contributed by atoms with Crippen LogP contribution in [0.1, 0.15) is 24.7 Å². The number of anilines is 3. The van der Waals surface area contributed by atoms with E-state index < -0.39 is 5.82 Å². The van der Waals surface area contributed by atoms with Crippen LogP contribution in [0.5, 0.6) is 0 Å². The minimum Gasteiger partial charge on any atom is -0.340 e. The van der Waals surface area contributed by atoms with Gasteiger partial charge in [-0.15, -0.1) is 0 Å². The van der Waals surface area contributed by atoms with Gasteiger partial charge < -0.3 is 10.7 Å². The van der Waals surface area contributed by atoms with E-state index in [-0.39, 0.29) is 5.02 Å². The van der Waals surface area contributed by atoms with Gasteiger partial charge in [-0.1, -0.05) is 18.5 Å². The van der Waals surface area contributed by atoms with Crippen molar-refractivity contribution in [2.45, 2.75) is 26.7 Å². The van der Waals surface area contributed by atoms with Crippen molar-refractivity contribution < 1.29 is 4.39 Å². The van der Waals surface area contributed by atoms with Gasteiger partial charge in [-0.25, -0.2) is 20.2 Å². The Morgan fingerprint density at radius 1 is 1.29 bits per heavy atom. The first-order valence-corrected chi connectivity index (χ1v) is 6.99. The fourth-order valence-corrected chi connectivity index (χ4v) is 2.05. The molecule has 21 heavy (non-hydrogen) atoms. The van der Waals surface area contributed by atoms with Crippen LogP contribution in [0, 0.1) is 12.7 Å². The first kappa shape index (κ1) is 15.5. The smallest absolute Gasteiger partial charge is 0.148 e. The zero-order valence-electron chi connectivity index (χ0n) is 11.9. The molecule has 0 aliphatic carbocycles. The molecule has 2 aromatic rings. The van der Waals surface area contributed by atoms with Crippen molar-refractivity contribution in [2.24, 2.45) is 5.84 Å². The fraction of sp³-hybridized carbons (Fsp3) is 0.286. The second kappa shape index (κ2) is 6.69. The van der Waals surface area contributed by atoms with Gasteiger partial charge in [0.1, 0.15) is 23.3 Å². The van der Waals surface area contributed by atoms with Gasteiger partial charge in [-0.3, -0.25) is 0 Å². The lowest BCUT2D eigenvalue weighted by Crippen LogP contribution is -2.14. The number of benzene rings is 1. The van der Waals surface area contributed by atoms with E-state index >= 15 is 0 Å². The van der Waals surface area contributed by atoms with Crippen LogP contribution in [-0.4, -0.2) is 9.97 Å². The summed E-state index contributed by atoms with van der Waals surface area (Å²) in [6.07, 6.45) is 1.67. The summed E-state index contributed by atoms with van der Waals surface area (Å²) in [5.41, 5.74) is 3.99. The maximum atomic E-state index is 13.2. The number of aryl methyl sites for hydroxylation is 1. The second-order valence-electron chi connectivity index (χ2n) is 4.61. The molecule has 5 nitrogen and oxygen atoms in total. The van der Waals surface area contributed by atoms with Crippen LogP contribution in [0.2, 0.25) is 5.02 Å². The molecule has 1 heterocycles. The Morgan fingerprint density at radius 3 is 2.62 bits per heavy atom. The van der Waals surface area contributed by atoms with E-state index in [0.29, 0.717) is 23.1 Å². The number of hydrogen-bond acceptors (Lipinski definition) is 5. The van der Waals surface area contributed by atoms with Crippen molar-refractivity contribution in [3.05, 3.63) is 40.4 Å². The summed E-state index contributed by atoms with van der Waals surface area (Å²) in [4.78, 5) is 8.80. The molecule has 0 fully saturated rings. The molecule has 7 heteroatoms. The lowest BCUT2D eigenvalue weighted by molar-refractivity contribution is 0.628. The molecule has 2 rings (SSSR count). The predicted molar refractivity (Wildman–Crippen MR) is 83.3 cm³/mol. The van der Waals surface area contributed by atoms with Crippen molar-refractivity contribution in [3.8, 4) is 0 Å². The molecule has 1 aromatic carbocycles. The quantitative estimate of drug-likeness (QED) is 0.581. The van der Waals surface area contributed by atoms with Gasteiger partial charge in [0.05, 0.1) is 5.02 Å². The molecule has 0 unspecified atom stereocenters. The van der Waals surface area contributed by atoms with Gasteiger partial charge in [-0.2, -0.15) is 0 Å². The Balaban J connectivity index is 2.37. The van der Waals surface area contributed by atoms with Crippen molar-refractivity contribution in [2.75, 3.05) is 10.7 Å². The van der Waals surface area contributed by atoms with E-state index in [9.17, 15) is 4.39 Å². The van der Waals surface area contributed by atoms with Crippen molar-refractivity contribution in [1.29, 1.82) is 0 Å². The first-order valence-electron chi connectivity index (χ1n) is 6.61. The summed E-state index contributed by atoms with van der Waals surface area (Å²) in [5, 5.41) is 3.17. The molecule has 0 spiro atoms. The average molecular weight is 310 g/mol. The number of nitrogens with zero attached hydrogens (tertiary/aromatic N) is 2. The van der Waals surface area contributed by atoms with Gasteiger partial charge in [0.2, 0.25) is 0 Å². The molecular formula is C14H17ClFN5. The normalized spacial score (nSPS) is 10.5. The first-order chi connectivity index (χ1) is 10.0. The highest BCUT2D eigenvalue weighted by Crippen LogP contribution is 2.26. The van der Waals surface area contributed by atoms with Crippen molar-refractivity contribution in [3.63, 3.8) is 0 Å². The van der Waals surface area contributed by atoms with Crippen LogP contribution in [0.25, 0.3) is 0 Å². The van der Waals surface area contributed by atoms with Crippen molar-refractivity contribution >= 4 is 28.9 Å². The van der Waals surface area contributed by atoms with Crippen LogP contribution in [0.3, 0.4) is 0 Å². The third kappa shape index (κ3) is 3.59. The molecule has 0 bridgehead atoms. The van der Waals surface area contributed by atoms with Gasteiger partial charge in [0.25, 0.3) is 0 Å². The van der Waals surface area contributed by atoms with Gasteiger partial charge in [0, 0.05) is 17.7 Å². The van der Waals surface area contributed by atoms with Gasteiger partial charge in [0.15, 0.2) is 0 Å². The third-order valence-corrected chi connectivity index (χ3v) is 3.27. The lowest BCUT2D eigenvalue weighted by atomic mass is 10.2. The molecule has 112 valence electrons. The number of nitrogen functional groups attached to an aromatic ring is 1. The summed E-state index contributed by atoms with van der Waals surface area (Å²) in [6, 6.07) is 4.40. The van der Waals surface area contributed by atoms with Crippen molar-refractivity contribution in [1.82, 2.24) is 9.97 Å². The molecule has 0 atom stereocenters. The number of nitrogens with one attached hydrogen (secondary N) is 2. The van der Waals surface area contributed by atoms with Crippen LogP contribution in [-0.2, 0) is 6.42 Å². The van der Waals surface area contributed by atoms with E-state index in [1.807, 2.05) is 13.8 Å². The number of rotatable bonds is 5. The molecule has 0 saturated carbocycles. The number of hydrazine groups is 1. The highest BCUT2D eigenvalue weighted by molar-refractivity contribution is 6.31. The number of aromatic nitrogens is 2. The Kier molecular flexibility index (Phi) is 4.93. The molecule has 4 N–H and O–H groups in total. The maximum Gasteiger partial charge on any atom is 0.148 e. The molecule has 0 radical (unpaired) electrons. The summed E-state index contributed by atoms with van der Waals surface area (Å²) < 4.78 is 13.2.